The Hall–Kier alpha value is -3.35. The van der Waals surface area contributed by atoms with Gasteiger partial charge in [0.2, 0.25) is 0 Å². The number of hydrogen-bond donors (Lipinski definition) is 1. The molecule has 0 unspecified atom stereocenters. The third-order valence-corrected chi connectivity index (χ3v) is 4.10. The van der Waals surface area contributed by atoms with Crippen LogP contribution in [-0.4, -0.2) is 35.1 Å². The van der Waals surface area contributed by atoms with Crippen LogP contribution in [0.1, 0.15) is 28.5 Å². The van der Waals surface area contributed by atoms with Gasteiger partial charge >= 0.3 is 5.97 Å². The highest BCUT2D eigenvalue weighted by Crippen LogP contribution is 2.38. The molecule has 3 rings (SSSR count). The van der Waals surface area contributed by atoms with Crippen molar-refractivity contribution >= 4 is 5.97 Å². The molecule has 0 aliphatic heterocycles. The van der Waals surface area contributed by atoms with Gasteiger partial charge in [0.05, 0.1) is 19.3 Å². The van der Waals surface area contributed by atoms with Gasteiger partial charge in [-0.3, -0.25) is 0 Å². The minimum absolute atomic E-state index is 0.103. The second-order valence-corrected chi connectivity index (χ2v) is 5.79. The maximum atomic E-state index is 12.2. The number of esters is 1. The van der Waals surface area contributed by atoms with E-state index in [1.165, 1.54) is 0 Å². The van der Waals surface area contributed by atoms with Crippen LogP contribution in [0.5, 0.6) is 11.5 Å². The van der Waals surface area contributed by atoms with Gasteiger partial charge in [0.25, 0.3) is 0 Å². The number of carbonyl (C=O) groups excluding carboxylic acids is 1. The third kappa shape index (κ3) is 3.92. The number of para-hydroxylation sites is 1. The SMILES string of the molecule is CCOC(=O)c1n[nH]nc1-c1cccc(OC)c1OCc1ccccc1C. The summed E-state index contributed by atoms with van der Waals surface area (Å²) in [5, 5.41) is 10.5. The van der Waals surface area contributed by atoms with Gasteiger partial charge < -0.3 is 14.2 Å². The summed E-state index contributed by atoms with van der Waals surface area (Å²) in [6, 6.07) is 13.4. The Balaban J connectivity index is 1.99. The lowest BCUT2D eigenvalue weighted by atomic mass is 10.1. The van der Waals surface area contributed by atoms with Crippen molar-refractivity contribution < 1.29 is 19.0 Å². The molecule has 7 nitrogen and oxygen atoms in total. The van der Waals surface area contributed by atoms with Crippen LogP contribution in [0.4, 0.5) is 0 Å². The molecular formula is C20H21N3O4. The van der Waals surface area contributed by atoms with Gasteiger partial charge in [-0.25, -0.2) is 4.79 Å². The average Bonchev–Trinajstić information content (AvgIpc) is 3.17. The summed E-state index contributed by atoms with van der Waals surface area (Å²) in [4.78, 5) is 12.2. The second-order valence-electron chi connectivity index (χ2n) is 5.79. The number of ether oxygens (including phenoxy) is 3. The quantitative estimate of drug-likeness (QED) is 0.643. The van der Waals surface area contributed by atoms with Crippen LogP contribution >= 0.6 is 0 Å². The van der Waals surface area contributed by atoms with Crippen molar-refractivity contribution in [1.29, 1.82) is 0 Å². The lowest BCUT2D eigenvalue weighted by molar-refractivity contribution is 0.0520. The van der Waals surface area contributed by atoms with Crippen molar-refractivity contribution in [3.63, 3.8) is 0 Å². The fourth-order valence-corrected chi connectivity index (χ4v) is 2.69. The van der Waals surface area contributed by atoms with Crippen LogP contribution in [-0.2, 0) is 11.3 Å². The molecule has 0 aliphatic carbocycles. The molecule has 0 saturated carbocycles. The number of carbonyl (C=O) groups is 1. The molecule has 1 heterocycles. The first-order valence-electron chi connectivity index (χ1n) is 8.58. The van der Waals surface area contributed by atoms with E-state index >= 15 is 0 Å². The molecule has 0 amide bonds. The highest BCUT2D eigenvalue weighted by atomic mass is 16.5. The van der Waals surface area contributed by atoms with E-state index in [9.17, 15) is 4.79 Å². The number of rotatable bonds is 7. The number of hydrogen-bond acceptors (Lipinski definition) is 6. The molecule has 0 atom stereocenters. The van der Waals surface area contributed by atoms with Gasteiger partial charge in [-0.05, 0) is 37.1 Å². The minimum Gasteiger partial charge on any atom is -0.493 e. The molecule has 0 fully saturated rings. The smallest absolute Gasteiger partial charge is 0.361 e. The van der Waals surface area contributed by atoms with E-state index in [1.807, 2.05) is 31.2 Å². The zero-order valence-corrected chi connectivity index (χ0v) is 15.5. The summed E-state index contributed by atoms with van der Waals surface area (Å²) in [6.07, 6.45) is 0. The molecule has 0 bridgehead atoms. The first-order valence-corrected chi connectivity index (χ1v) is 8.58. The van der Waals surface area contributed by atoms with Crippen LogP contribution in [0.2, 0.25) is 0 Å². The summed E-state index contributed by atoms with van der Waals surface area (Å²) < 4.78 is 16.6. The van der Waals surface area contributed by atoms with E-state index < -0.39 is 5.97 Å². The van der Waals surface area contributed by atoms with E-state index in [1.54, 1.807) is 32.2 Å². The molecule has 1 N–H and O–H groups in total. The number of nitrogens with zero attached hydrogens (tertiary/aromatic N) is 2. The molecule has 3 aromatic rings. The van der Waals surface area contributed by atoms with Gasteiger partial charge in [0.15, 0.2) is 17.2 Å². The van der Waals surface area contributed by atoms with Crippen molar-refractivity contribution in [1.82, 2.24) is 15.4 Å². The minimum atomic E-state index is -0.547. The van der Waals surface area contributed by atoms with Crippen molar-refractivity contribution in [3.05, 3.63) is 59.3 Å². The van der Waals surface area contributed by atoms with Crippen molar-refractivity contribution in [2.75, 3.05) is 13.7 Å². The molecule has 0 radical (unpaired) electrons. The van der Waals surface area contributed by atoms with Gasteiger partial charge in [-0.1, -0.05) is 30.3 Å². The standard InChI is InChI=1S/C20H21N3O4/c1-4-26-20(24)18-17(21-23-22-18)15-10-7-11-16(25-3)19(15)27-12-14-9-6-5-8-13(14)2/h5-11H,4,12H2,1-3H3,(H,21,22,23). The highest BCUT2D eigenvalue weighted by molar-refractivity contribution is 5.95. The molecule has 7 heteroatoms. The first kappa shape index (κ1) is 18.4. The molecule has 0 saturated heterocycles. The van der Waals surface area contributed by atoms with Crippen molar-refractivity contribution in [3.8, 4) is 22.8 Å². The summed E-state index contributed by atoms with van der Waals surface area (Å²) in [6.45, 7) is 4.37. The molecule has 140 valence electrons. The maximum Gasteiger partial charge on any atom is 0.361 e. The van der Waals surface area contributed by atoms with Crippen LogP contribution in [0.3, 0.4) is 0 Å². The van der Waals surface area contributed by atoms with E-state index in [-0.39, 0.29) is 12.3 Å². The number of aryl methyl sites for hydroxylation is 1. The Labute approximate surface area is 157 Å². The van der Waals surface area contributed by atoms with Crippen LogP contribution < -0.4 is 9.47 Å². The van der Waals surface area contributed by atoms with E-state index in [0.29, 0.717) is 29.4 Å². The van der Waals surface area contributed by atoms with Gasteiger partial charge in [0, 0.05) is 0 Å². The van der Waals surface area contributed by atoms with Crippen molar-refractivity contribution in [2.45, 2.75) is 20.5 Å². The lowest BCUT2D eigenvalue weighted by Crippen LogP contribution is -2.07. The molecule has 2 aromatic carbocycles. The van der Waals surface area contributed by atoms with Gasteiger partial charge in [-0.2, -0.15) is 10.3 Å². The summed E-state index contributed by atoms with van der Waals surface area (Å²) in [7, 11) is 1.56. The van der Waals surface area contributed by atoms with Crippen LogP contribution in [0.15, 0.2) is 42.5 Å². The number of aromatic amines is 1. The normalized spacial score (nSPS) is 10.5. The Morgan fingerprint density at radius 1 is 1.11 bits per heavy atom. The number of benzene rings is 2. The topological polar surface area (TPSA) is 86.3 Å². The number of aromatic nitrogens is 3. The average molecular weight is 367 g/mol. The molecular weight excluding hydrogens is 346 g/mol. The summed E-state index contributed by atoms with van der Waals surface area (Å²) in [5.41, 5.74) is 3.24. The largest absolute Gasteiger partial charge is 0.493 e. The maximum absolute atomic E-state index is 12.2. The predicted octanol–water partition coefficient (Wildman–Crippen LogP) is 3.54. The zero-order valence-electron chi connectivity index (χ0n) is 15.5. The van der Waals surface area contributed by atoms with E-state index in [4.69, 9.17) is 14.2 Å². The Bertz CT molecular complexity index is 936. The van der Waals surface area contributed by atoms with Gasteiger partial charge in [0.1, 0.15) is 12.3 Å². The first-order chi connectivity index (χ1) is 13.2. The third-order valence-electron chi connectivity index (χ3n) is 4.10. The zero-order chi connectivity index (χ0) is 19.2. The van der Waals surface area contributed by atoms with Crippen molar-refractivity contribution in [2.24, 2.45) is 0 Å². The number of methoxy groups -OCH3 is 1. The van der Waals surface area contributed by atoms with E-state index in [2.05, 4.69) is 15.4 Å². The molecule has 1 aromatic heterocycles. The summed E-state index contributed by atoms with van der Waals surface area (Å²) >= 11 is 0. The predicted molar refractivity (Wildman–Crippen MR) is 99.8 cm³/mol. The number of H-pyrrole nitrogens is 1. The molecule has 27 heavy (non-hydrogen) atoms. The Kier molecular flexibility index (Phi) is 5.71. The van der Waals surface area contributed by atoms with E-state index in [0.717, 1.165) is 11.1 Å². The highest BCUT2D eigenvalue weighted by Gasteiger charge is 2.23. The van der Waals surface area contributed by atoms with Gasteiger partial charge in [-0.15, -0.1) is 5.10 Å². The number of nitrogens with one attached hydrogen (secondary N) is 1. The Morgan fingerprint density at radius 3 is 2.67 bits per heavy atom. The fraction of sp³-hybridized carbons (Fsp3) is 0.250. The van der Waals surface area contributed by atoms with Crippen LogP contribution in [0, 0.1) is 6.92 Å². The second kappa shape index (κ2) is 8.35. The monoisotopic (exact) mass is 367 g/mol. The fourth-order valence-electron chi connectivity index (χ4n) is 2.69. The summed E-state index contributed by atoms with van der Waals surface area (Å²) in [5.74, 6) is 0.482. The molecule has 0 spiro atoms. The molecule has 0 aliphatic rings. The lowest BCUT2D eigenvalue weighted by Gasteiger charge is -2.15. The van der Waals surface area contributed by atoms with Crippen LogP contribution in [0.25, 0.3) is 11.3 Å². The Morgan fingerprint density at radius 2 is 1.93 bits per heavy atom.